The molecule has 2 aromatic heterocycles. The zero-order chi connectivity index (χ0) is 15.4. The van der Waals surface area contributed by atoms with Gasteiger partial charge in [0.1, 0.15) is 17.5 Å². The van der Waals surface area contributed by atoms with Gasteiger partial charge >= 0.3 is 0 Å². The van der Waals surface area contributed by atoms with Gasteiger partial charge in [0, 0.05) is 42.6 Å². The number of nitrogens with zero attached hydrogens (tertiary/aromatic N) is 3. The lowest BCUT2D eigenvalue weighted by Gasteiger charge is -2.14. The lowest BCUT2D eigenvalue weighted by molar-refractivity contribution is 0.772. The van der Waals surface area contributed by atoms with Crippen molar-refractivity contribution in [2.75, 3.05) is 24.2 Å². The van der Waals surface area contributed by atoms with Crippen LogP contribution in [0.15, 0.2) is 5.38 Å². The van der Waals surface area contributed by atoms with Crippen LogP contribution < -0.4 is 10.6 Å². The summed E-state index contributed by atoms with van der Waals surface area (Å²) in [7, 11) is 1.89. The van der Waals surface area contributed by atoms with Gasteiger partial charge in [-0.25, -0.2) is 15.0 Å². The van der Waals surface area contributed by atoms with Crippen LogP contribution in [0.5, 0.6) is 0 Å². The Hall–Kier alpha value is -1.69. The van der Waals surface area contributed by atoms with Gasteiger partial charge in [-0.05, 0) is 13.8 Å². The molecule has 0 saturated heterocycles. The van der Waals surface area contributed by atoms with E-state index in [0.717, 1.165) is 46.7 Å². The minimum absolute atomic E-state index is 0.305. The van der Waals surface area contributed by atoms with E-state index in [-0.39, 0.29) is 0 Å². The molecule has 2 N–H and O–H groups in total. The lowest BCUT2D eigenvalue weighted by Crippen LogP contribution is -2.12. The summed E-state index contributed by atoms with van der Waals surface area (Å²) in [6, 6.07) is 0. The number of nitrogens with one attached hydrogen (secondary N) is 2. The zero-order valence-corrected chi connectivity index (χ0v) is 14.1. The average Bonchev–Trinajstić information content (AvgIpc) is 2.86. The molecule has 0 aliphatic heterocycles. The molecule has 2 heterocycles. The Morgan fingerprint density at radius 1 is 1.14 bits per heavy atom. The van der Waals surface area contributed by atoms with Crippen LogP contribution >= 0.6 is 11.3 Å². The van der Waals surface area contributed by atoms with E-state index in [1.54, 1.807) is 11.3 Å². The van der Waals surface area contributed by atoms with Crippen molar-refractivity contribution in [3.05, 3.63) is 27.5 Å². The van der Waals surface area contributed by atoms with Crippen LogP contribution in [0.3, 0.4) is 0 Å². The van der Waals surface area contributed by atoms with E-state index in [9.17, 15) is 0 Å². The second kappa shape index (κ2) is 6.85. The average molecular weight is 305 g/mol. The zero-order valence-electron chi connectivity index (χ0n) is 13.3. The van der Waals surface area contributed by atoms with Gasteiger partial charge in [0.25, 0.3) is 0 Å². The van der Waals surface area contributed by atoms with E-state index in [1.807, 2.05) is 20.9 Å². The summed E-state index contributed by atoms with van der Waals surface area (Å²) in [5, 5.41) is 9.80. The Labute approximate surface area is 130 Å². The molecule has 0 aliphatic rings. The van der Waals surface area contributed by atoms with E-state index in [0.29, 0.717) is 5.92 Å². The topological polar surface area (TPSA) is 62.7 Å². The summed E-state index contributed by atoms with van der Waals surface area (Å²) in [4.78, 5) is 13.7. The predicted molar refractivity (Wildman–Crippen MR) is 89.4 cm³/mol. The molecule has 5 nitrogen and oxygen atoms in total. The van der Waals surface area contributed by atoms with Crippen LogP contribution in [0.2, 0.25) is 0 Å². The van der Waals surface area contributed by atoms with Gasteiger partial charge in [-0.1, -0.05) is 13.8 Å². The fourth-order valence-electron chi connectivity index (χ4n) is 2.01. The first-order valence-corrected chi connectivity index (χ1v) is 8.10. The van der Waals surface area contributed by atoms with Gasteiger partial charge in [0.2, 0.25) is 0 Å². The normalized spacial score (nSPS) is 11.0. The second-order valence-corrected chi connectivity index (χ2v) is 6.31. The highest BCUT2D eigenvalue weighted by molar-refractivity contribution is 7.09. The number of rotatable bonds is 6. The molecule has 2 aromatic rings. The van der Waals surface area contributed by atoms with Crippen LogP contribution in [-0.4, -0.2) is 28.5 Å². The number of hydrogen-bond acceptors (Lipinski definition) is 6. The molecule has 0 saturated carbocycles. The quantitative estimate of drug-likeness (QED) is 0.856. The summed E-state index contributed by atoms with van der Waals surface area (Å²) in [5.41, 5.74) is 2.14. The first-order chi connectivity index (χ1) is 10.0. The molecule has 0 atom stereocenters. The highest BCUT2D eigenvalue weighted by Gasteiger charge is 2.12. The third-order valence-corrected chi connectivity index (χ3v) is 4.24. The van der Waals surface area contributed by atoms with Crippen molar-refractivity contribution < 1.29 is 0 Å². The van der Waals surface area contributed by atoms with Crippen molar-refractivity contribution in [3.63, 3.8) is 0 Å². The van der Waals surface area contributed by atoms with E-state index in [4.69, 9.17) is 0 Å². The molecule has 21 heavy (non-hydrogen) atoms. The minimum Gasteiger partial charge on any atom is -0.373 e. The maximum Gasteiger partial charge on any atom is 0.135 e. The number of aryl methyl sites for hydroxylation is 1. The van der Waals surface area contributed by atoms with Gasteiger partial charge in [-0.15, -0.1) is 11.3 Å². The Morgan fingerprint density at radius 2 is 1.86 bits per heavy atom. The minimum atomic E-state index is 0.305. The molecule has 6 heteroatoms. The second-order valence-electron chi connectivity index (χ2n) is 5.37. The Kier molecular flexibility index (Phi) is 5.12. The molecule has 0 fully saturated rings. The monoisotopic (exact) mass is 305 g/mol. The SMILES string of the molecule is CNc1nc(C(C)C)nc(NCCc2nc(C)cs2)c1C. The molecule has 0 aromatic carbocycles. The van der Waals surface area contributed by atoms with Gasteiger partial charge < -0.3 is 10.6 Å². The predicted octanol–water partition coefficient (Wildman–Crippen LogP) is 3.37. The molecule has 0 bridgehead atoms. The van der Waals surface area contributed by atoms with Gasteiger partial charge in [-0.2, -0.15) is 0 Å². The number of thiazole rings is 1. The first-order valence-electron chi connectivity index (χ1n) is 7.22. The lowest BCUT2D eigenvalue weighted by atomic mass is 10.2. The Balaban J connectivity index is 2.09. The third-order valence-electron chi connectivity index (χ3n) is 3.21. The molecule has 0 amide bonds. The van der Waals surface area contributed by atoms with E-state index in [2.05, 4.69) is 44.8 Å². The molecule has 2 rings (SSSR count). The van der Waals surface area contributed by atoms with Crippen LogP contribution in [0.1, 0.15) is 41.9 Å². The summed E-state index contributed by atoms with van der Waals surface area (Å²) in [6.45, 7) is 9.09. The maximum absolute atomic E-state index is 4.64. The molecular formula is C15H23N5S. The van der Waals surface area contributed by atoms with Gasteiger partial charge in [0.05, 0.1) is 5.01 Å². The third kappa shape index (κ3) is 3.91. The summed E-state index contributed by atoms with van der Waals surface area (Å²) < 4.78 is 0. The highest BCUT2D eigenvalue weighted by Crippen LogP contribution is 2.22. The van der Waals surface area contributed by atoms with Crippen molar-refractivity contribution in [2.45, 2.75) is 40.0 Å². The fraction of sp³-hybridized carbons (Fsp3) is 0.533. The molecule has 0 spiro atoms. The Bertz CT molecular complexity index is 606. The maximum atomic E-state index is 4.64. The van der Waals surface area contributed by atoms with Crippen LogP contribution in [-0.2, 0) is 6.42 Å². The smallest absolute Gasteiger partial charge is 0.135 e. The molecule has 0 aliphatic carbocycles. The van der Waals surface area contributed by atoms with Gasteiger partial charge in [0.15, 0.2) is 0 Å². The number of aromatic nitrogens is 3. The summed E-state index contributed by atoms with van der Waals surface area (Å²) in [6.07, 6.45) is 0.911. The Morgan fingerprint density at radius 3 is 2.43 bits per heavy atom. The van der Waals surface area contributed by atoms with Crippen LogP contribution in [0, 0.1) is 13.8 Å². The molecule has 114 valence electrons. The van der Waals surface area contributed by atoms with E-state index >= 15 is 0 Å². The fourth-order valence-corrected chi connectivity index (χ4v) is 2.79. The molecule has 0 unspecified atom stereocenters. The van der Waals surface area contributed by atoms with Crippen molar-refractivity contribution in [1.82, 2.24) is 15.0 Å². The summed E-state index contributed by atoms with van der Waals surface area (Å²) in [5.74, 6) is 2.96. The van der Waals surface area contributed by atoms with Crippen LogP contribution in [0.4, 0.5) is 11.6 Å². The number of hydrogen-bond donors (Lipinski definition) is 2. The van der Waals surface area contributed by atoms with Crippen molar-refractivity contribution in [3.8, 4) is 0 Å². The molecule has 0 radical (unpaired) electrons. The highest BCUT2D eigenvalue weighted by atomic mass is 32.1. The van der Waals surface area contributed by atoms with Crippen molar-refractivity contribution >= 4 is 23.0 Å². The van der Waals surface area contributed by atoms with E-state index < -0.39 is 0 Å². The van der Waals surface area contributed by atoms with Crippen LogP contribution in [0.25, 0.3) is 0 Å². The van der Waals surface area contributed by atoms with Crippen molar-refractivity contribution in [2.24, 2.45) is 0 Å². The largest absolute Gasteiger partial charge is 0.373 e. The van der Waals surface area contributed by atoms with Crippen molar-refractivity contribution in [1.29, 1.82) is 0 Å². The standard InChI is InChI=1S/C15H23N5S/c1-9(2)13-19-14(16-5)11(4)15(20-13)17-7-6-12-18-10(3)8-21-12/h8-9H,6-7H2,1-5H3,(H2,16,17,19,20). The number of anilines is 2. The van der Waals surface area contributed by atoms with E-state index in [1.165, 1.54) is 0 Å². The molecular weight excluding hydrogens is 282 g/mol. The summed E-state index contributed by atoms with van der Waals surface area (Å²) >= 11 is 1.71. The first kappa shape index (κ1) is 15.7. The van der Waals surface area contributed by atoms with Gasteiger partial charge in [-0.3, -0.25) is 0 Å².